The van der Waals surface area contributed by atoms with Crippen LogP contribution in [0.25, 0.3) is 11.0 Å². The molecule has 0 fully saturated rings. The first-order chi connectivity index (χ1) is 10.6. The van der Waals surface area contributed by atoms with Gasteiger partial charge in [0.2, 0.25) is 11.8 Å². The largest absolute Gasteiger partial charge is 0.423 e. The van der Waals surface area contributed by atoms with E-state index in [4.69, 9.17) is 4.42 Å². The first kappa shape index (κ1) is 14.6. The summed E-state index contributed by atoms with van der Waals surface area (Å²) in [5.41, 5.74) is 1.80. The molecule has 0 N–H and O–H groups in total. The van der Waals surface area contributed by atoms with E-state index in [1.807, 2.05) is 38.1 Å². The van der Waals surface area contributed by atoms with E-state index < -0.39 is 0 Å². The summed E-state index contributed by atoms with van der Waals surface area (Å²) in [6.07, 6.45) is 0.909. The lowest BCUT2D eigenvalue weighted by Crippen LogP contribution is -2.24. The quantitative estimate of drug-likeness (QED) is 0.726. The summed E-state index contributed by atoms with van der Waals surface area (Å²) in [7, 11) is 0. The van der Waals surface area contributed by atoms with Crippen LogP contribution in [-0.2, 0) is 13.1 Å². The summed E-state index contributed by atoms with van der Waals surface area (Å²) in [6, 6.07) is 7.79. The smallest absolute Gasteiger partial charge is 0.329 e. The molecule has 2 heterocycles. The van der Waals surface area contributed by atoms with Crippen molar-refractivity contribution in [3.8, 4) is 0 Å². The molecule has 0 aliphatic rings. The zero-order valence-electron chi connectivity index (χ0n) is 13.1. The van der Waals surface area contributed by atoms with Crippen molar-refractivity contribution in [3.63, 3.8) is 0 Å². The molecule has 0 aliphatic carbocycles. The van der Waals surface area contributed by atoms with E-state index in [1.54, 1.807) is 9.13 Å². The molecule has 116 valence electrons. The SMILES string of the molecule is CCCn1c(=O)n(Cc2nnc(C(C)C)o2)c2ccccc21. The second-order valence-corrected chi connectivity index (χ2v) is 5.70. The molecule has 6 nitrogen and oxygen atoms in total. The van der Waals surface area contributed by atoms with Gasteiger partial charge in [0.25, 0.3) is 0 Å². The molecule has 0 aliphatic heterocycles. The first-order valence-corrected chi connectivity index (χ1v) is 7.62. The summed E-state index contributed by atoms with van der Waals surface area (Å²) in [6.45, 7) is 7.06. The lowest BCUT2D eigenvalue weighted by Gasteiger charge is -1.99. The second kappa shape index (κ2) is 5.79. The second-order valence-electron chi connectivity index (χ2n) is 5.70. The Kier molecular flexibility index (Phi) is 3.83. The van der Waals surface area contributed by atoms with Gasteiger partial charge in [-0.1, -0.05) is 32.9 Å². The van der Waals surface area contributed by atoms with Gasteiger partial charge in [0.15, 0.2) is 0 Å². The lowest BCUT2D eigenvalue weighted by molar-refractivity contribution is 0.421. The highest BCUT2D eigenvalue weighted by atomic mass is 16.4. The fourth-order valence-electron chi connectivity index (χ4n) is 2.56. The van der Waals surface area contributed by atoms with Crippen molar-refractivity contribution in [1.82, 2.24) is 19.3 Å². The maximum Gasteiger partial charge on any atom is 0.329 e. The van der Waals surface area contributed by atoms with Gasteiger partial charge in [0.05, 0.1) is 11.0 Å². The van der Waals surface area contributed by atoms with Crippen LogP contribution < -0.4 is 5.69 Å². The molecule has 0 unspecified atom stereocenters. The highest BCUT2D eigenvalue weighted by Crippen LogP contribution is 2.16. The van der Waals surface area contributed by atoms with Gasteiger partial charge in [-0.25, -0.2) is 4.79 Å². The van der Waals surface area contributed by atoms with Crippen LogP contribution in [0.15, 0.2) is 33.5 Å². The Morgan fingerprint density at radius 1 is 1.14 bits per heavy atom. The maximum atomic E-state index is 12.7. The molecule has 22 heavy (non-hydrogen) atoms. The topological polar surface area (TPSA) is 65.8 Å². The summed E-state index contributed by atoms with van der Waals surface area (Å²) in [5.74, 6) is 1.24. The molecule has 0 amide bonds. The van der Waals surface area contributed by atoms with Gasteiger partial charge in [-0.3, -0.25) is 9.13 Å². The number of benzene rings is 1. The van der Waals surface area contributed by atoms with Crippen molar-refractivity contribution >= 4 is 11.0 Å². The minimum atomic E-state index is -0.0349. The van der Waals surface area contributed by atoms with E-state index in [0.29, 0.717) is 24.9 Å². The van der Waals surface area contributed by atoms with Crippen molar-refractivity contribution in [1.29, 1.82) is 0 Å². The molecular formula is C16H20N4O2. The fraction of sp³-hybridized carbons (Fsp3) is 0.438. The van der Waals surface area contributed by atoms with Gasteiger partial charge in [-0.15, -0.1) is 10.2 Å². The van der Waals surface area contributed by atoms with Crippen molar-refractivity contribution in [2.45, 2.75) is 46.2 Å². The van der Waals surface area contributed by atoms with E-state index in [0.717, 1.165) is 17.5 Å². The lowest BCUT2D eigenvalue weighted by atomic mass is 10.2. The third kappa shape index (κ3) is 2.45. The third-order valence-electron chi connectivity index (χ3n) is 3.64. The zero-order valence-corrected chi connectivity index (χ0v) is 13.1. The van der Waals surface area contributed by atoms with Crippen molar-refractivity contribution in [2.24, 2.45) is 0 Å². The average molecular weight is 300 g/mol. The number of aromatic nitrogens is 4. The van der Waals surface area contributed by atoms with Crippen LogP contribution in [0.3, 0.4) is 0 Å². The Balaban J connectivity index is 2.06. The van der Waals surface area contributed by atoms with Crippen LogP contribution in [-0.4, -0.2) is 19.3 Å². The number of para-hydroxylation sites is 2. The Labute approximate surface area is 128 Å². The molecule has 0 radical (unpaired) electrons. The van der Waals surface area contributed by atoms with Crippen LogP contribution in [0, 0.1) is 0 Å². The van der Waals surface area contributed by atoms with Crippen LogP contribution >= 0.6 is 0 Å². The van der Waals surface area contributed by atoms with Crippen molar-refractivity contribution in [2.75, 3.05) is 0 Å². The van der Waals surface area contributed by atoms with Crippen LogP contribution in [0.1, 0.15) is 44.9 Å². The molecule has 0 spiro atoms. The minimum Gasteiger partial charge on any atom is -0.423 e. The van der Waals surface area contributed by atoms with Gasteiger partial charge < -0.3 is 4.42 Å². The van der Waals surface area contributed by atoms with E-state index >= 15 is 0 Å². The molecule has 0 atom stereocenters. The predicted octanol–water partition coefficient (Wildman–Crippen LogP) is 2.77. The Bertz CT molecular complexity index is 841. The summed E-state index contributed by atoms with van der Waals surface area (Å²) < 4.78 is 9.13. The van der Waals surface area contributed by atoms with Gasteiger partial charge in [0.1, 0.15) is 6.54 Å². The molecule has 6 heteroatoms. The monoisotopic (exact) mass is 300 g/mol. The standard InChI is InChI=1S/C16H20N4O2/c1-4-9-19-12-7-5-6-8-13(12)20(16(19)21)10-14-17-18-15(22-14)11(2)3/h5-8,11H,4,9-10H2,1-3H3. The molecule has 1 aromatic carbocycles. The summed E-state index contributed by atoms with van der Waals surface area (Å²) in [4.78, 5) is 12.7. The Morgan fingerprint density at radius 3 is 2.41 bits per heavy atom. The number of imidazole rings is 1. The predicted molar refractivity (Wildman–Crippen MR) is 84.0 cm³/mol. The number of aryl methyl sites for hydroxylation is 1. The fourth-order valence-corrected chi connectivity index (χ4v) is 2.56. The third-order valence-corrected chi connectivity index (χ3v) is 3.64. The Morgan fingerprint density at radius 2 is 1.82 bits per heavy atom. The van der Waals surface area contributed by atoms with Crippen LogP contribution in [0.5, 0.6) is 0 Å². The van der Waals surface area contributed by atoms with Crippen molar-refractivity contribution in [3.05, 3.63) is 46.5 Å². The number of nitrogens with zero attached hydrogens (tertiary/aromatic N) is 4. The van der Waals surface area contributed by atoms with Crippen LogP contribution in [0.4, 0.5) is 0 Å². The molecule has 0 bridgehead atoms. The molecule has 3 aromatic rings. The number of rotatable bonds is 5. The maximum absolute atomic E-state index is 12.7. The van der Waals surface area contributed by atoms with E-state index in [9.17, 15) is 4.79 Å². The Hall–Kier alpha value is -2.37. The van der Waals surface area contributed by atoms with E-state index in [-0.39, 0.29) is 11.6 Å². The van der Waals surface area contributed by atoms with E-state index in [1.165, 1.54) is 0 Å². The molecule has 3 rings (SSSR count). The molecule has 0 saturated heterocycles. The summed E-state index contributed by atoms with van der Waals surface area (Å²) in [5, 5.41) is 8.08. The van der Waals surface area contributed by atoms with Crippen LogP contribution in [0.2, 0.25) is 0 Å². The zero-order chi connectivity index (χ0) is 15.7. The van der Waals surface area contributed by atoms with Gasteiger partial charge in [-0.2, -0.15) is 0 Å². The minimum absolute atomic E-state index is 0.0349. The highest BCUT2D eigenvalue weighted by Gasteiger charge is 2.16. The highest BCUT2D eigenvalue weighted by molar-refractivity contribution is 5.76. The number of hydrogen-bond donors (Lipinski definition) is 0. The van der Waals surface area contributed by atoms with Gasteiger partial charge in [0, 0.05) is 12.5 Å². The molecular weight excluding hydrogens is 280 g/mol. The van der Waals surface area contributed by atoms with Gasteiger partial charge in [-0.05, 0) is 18.6 Å². The molecule has 0 saturated carbocycles. The average Bonchev–Trinajstić information content (AvgIpc) is 3.07. The van der Waals surface area contributed by atoms with Crippen molar-refractivity contribution < 1.29 is 4.42 Å². The summed E-state index contributed by atoms with van der Waals surface area (Å²) >= 11 is 0. The van der Waals surface area contributed by atoms with Gasteiger partial charge >= 0.3 is 5.69 Å². The number of hydrogen-bond acceptors (Lipinski definition) is 4. The molecule has 2 aromatic heterocycles. The first-order valence-electron chi connectivity index (χ1n) is 7.62. The normalized spacial score (nSPS) is 11.6. The number of fused-ring (bicyclic) bond motifs is 1. The van der Waals surface area contributed by atoms with E-state index in [2.05, 4.69) is 17.1 Å².